The van der Waals surface area contributed by atoms with Crippen LogP contribution in [0, 0.1) is 0 Å². The monoisotopic (exact) mass is 441 g/mol. The maximum atomic E-state index is 12.5. The number of anilines is 1. The fourth-order valence-corrected chi connectivity index (χ4v) is 4.03. The van der Waals surface area contributed by atoms with E-state index in [2.05, 4.69) is 15.3 Å². The minimum atomic E-state index is -4.05. The quantitative estimate of drug-likeness (QED) is 0.493. The van der Waals surface area contributed by atoms with E-state index >= 15 is 0 Å². The van der Waals surface area contributed by atoms with Gasteiger partial charge in [0, 0.05) is 28.5 Å². The number of sulfonamides is 1. The van der Waals surface area contributed by atoms with Gasteiger partial charge in [-0.05, 0) is 35.9 Å². The molecule has 4 aromatic rings. The number of nitrogens with one attached hydrogen (secondary N) is 1. The summed E-state index contributed by atoms with van der Waals surface area (Å²) in [6, 6.07) is 13.2. The molecule has 1 amide bonds. The molecule has 0 saturated heterocycles. The van der Waals surface area contributed by atoms with Gasteiger partial charge in [0.15, 0.2) is 0 Å². The van der Waals surface area contributed by atoms with Crippen molar-refractivity contribution in [1.29, 1.82) is 0 Å². The molecule has 10 heteroatoms. The summed E-state index contributed by atoms with van der Waals surface area (Å²) in [4.78, 5) is 20.8. The fourth-order valence-electron chi connectivity index (χ4n) is 3.06. The average molecular weight is 442 g/mol. The molecule has 2 aromatic carbocycles. The molecule has 0 atom stereocenters. The number of carbonyl (C=O) groups excluding carboxylic acids is 1. The number of nitrogens with two attached hydrogens (primary N) is 1. The third kappa shape index (κ3) is 4.18. The highest BCUT2D eigenvalue weighted by atomic mass is 35.5. The molecule has 0 aliphatic heterocycles. The van der Waals surface area contributed by atoms with E-state index in [-0.39, 0.29) is 22.9 Å². The number of fused-ring (bicyclic) bond motifs is 1. The van der Waals surface area contributed by atoms with Crippen LogP contribution in [-0.4, -0.2) is 28.9 Å². The zero-order chi connectivity index (χ0) is 21.3. The van der Waals surface area contributed by atoms with E-state index in [1.807, 2.05) is 0 Å². The van der Waals surface area contributed by atoms with Gasteiger partial charge in [-0.3, -0.25) is 9.36 Å². The highest BCUT2D eigenvalue weighted by Crippen LogP contribution is 2.27. The first kappa shape index (κ1) is 20.0. The van der Waals surface area contributed by atoms with E-state index in [0.717, 1.165) is 0 Å². The zero-order valence-corrected chi connectivity index (χ0v) is 17.1. The lowest BCUT2D eigenvalue weighted by Gasteiger charge is -2.11. The van der Waals surface area contributed by atoms with Crippen molar-refractivity contribution in [2.24, 2.45) is 5.14 Å². The molecule has 0 unspecified atom stereocenters. The SMILES string of the molecule is NS(=O)(=O)c1cc(NC(=O)Cc2ccccc2Cl)cc2nc(-n3ccnc3)ccc12. The fraction of sp³-hybridized carbons (Fsp3) is 0.0500. The maximum Gasteiger partial charge on any atom is 0.238 e. The first-order chi connectivity index (χ1) is 14.3. The van der Waals surface area contributed by atoms with E-state index in [9.17, 15) is 13.2 Å². The smallest absolute Gasteiger partial charge is 0.238 e. The molecule has 2 aromatic heterocycles. The lowest BCUT2D eigenvalue weighted by atomic mass is 10.1. The second kappa shape index (κ2) is 7.86. The van der Waals surface area contributed by atoms with Crippen molar-refractivity contribution >= 4 is 44.1 Å². The number of halogens is 1. The van der Waals surface area contributed by atoms with E-state index in [0.29, 0.717) is 27.3 Å². The molecule has 4 rings (SSSR count). The number of benzene rings is 2. The zero-order valence-electron chi connectivity index (χ0n) is 15.5. The summed E-state index contributed by atoms with van der Waals surface area (Å²) in [6.07, 6.45) is 4.92. The maximum absolute atomic E-state index is 12.5. The molecule has 0 spiro atoms. The van der Waals surface area contributed by atoms with Gasteiger partial charge >= 0.3 is 0 Å². The van der Waals surface area contributed by atoms with Gasteiger partial charge in [0.25, 0.3) is 0 Å². The van der Waals surface area contributed by atoms with Gasteiger partial charge in [0.1, 0.15) is 12.1 Å². The first-order valence-corrected chi connectivity index (χ1v) is 10.7. The van der Waals surface area contributed by atoms with Crippen LogP contribution in [0.25, 0.3) is 16.7 Å². The van der Waals surface area contributed by atoms with Gasteiger partial charge in [-0.1, -0.05) is 29.8 Å². The summed E-state index contributed by atoms with van der Waals surface area (Å²) in [5, 5.41) is 8.92. The molecule has 0 fully saturated rings. The molecular weight excluding hydrogens is 426 g/mol. The van der Waals surface area contributed by atoms with Crippen molar-refractivity contribution in [2.45, 2.75) is 11.3 Å². The predicted molar refractivity (Wildman–Crippen MR) is 114 cm³/mol. The van der Waals surface area contributed by atoms with Crippen molar-refractivity contribution in [3.8, 4) is 5.82 Å². The van der Waals surface area contributed by atoms with Crippen molar-refractivity contribution in [3.05, 3.63) is 77.8 Å². The van der Waals surface area contributed by atoms with Gasteiger partial charge in [-0.2, -0.15) is 0 Å². The first-order valence-electron chi connectivity index (χ1n) is 8.80. The van der Waals surface area contributed by atoms with Gasteiger partial charge in [-0.15, -0.1) is 0 Å². The van der Waals surface area contributed by atoms with Crippen LogP contribution in [0.2, 0.25) is 5.02 Å². The number of hydrogen-bond acceptors (Lipinski definition) is 5. The number of hydrogen-bond donors (Lipinski definition) is 2. The number of primary sulfonamides is 1. The number of rotatable bonds is 5. The summed E-state index contributed by atoms with van der Waals surface area (Å²) >= 11 is 6.11. The van der Waals surface area contributed by atoms with Crippen molar-refractivity contribution < 1.29 is 13.2 Å². The van der Waals surface area contributed by atoms with E-state index in [1.165, 1.54) is 6.07 Å². The number of amides is 1. The lowest BCUT2D eigenvalue weighted by molar-refractivity contribution is -0.115. The minimum Gasteiger partial charge on any atom is -0.326 e. The summed E-state index contributed by atoms with van der Waals surface area (Å²) in [7, 11) is -4.05. The summed E-state index contributed by atoms with van der Waals surface area (Å²) in [5.74, 6) is 0.188. The van der Waals surface area contributed by atoms with Crippen LogP contribution in [0.5, 0.6) is 0 Å². The van der Waals surface area contributed by atoms with Gasteiger partial charge in [-0.25, -0.2) is 23.5 Å². The molecule has 2 heterocycles. The largest absolute Gasteiger partial charge is 0.326 e. The molecule has 3 N–H and O–H groups in total. The normalized spacial score (nSPS) is 11.5. The van der Waals surface area contributed by atoms with Crippen molar-refractivity contribution in [3.63, 3.8) is 0 Å². The Morgan fingerprint density at radius 2 is 1.97 bits per heavy atom. The summed E-state index contributed by atoms with van der Waals surface area (Å²) in [5.41, 5.74) is 1.28. The Labute approximate surface area is 177 Å². The Balaban J connectivity index is 1.73. The number of pyridine rings is 1. The van der Waals surface area contributed by atoms with Crippen LogP contribution in [0.1, 0.15) is 5.56 Å². The highest BCUT2D eigenvalue weighted by Gasteiger charge is 2.17. The molecule has 30 heavy (non-hydrogen) atoms. The molecule has 152 valence electrons. The Morgan fingerprint density at radius 3 is 2.67 bits per heavy atom. The molecule has 0 aliphatic carbocycles. The van der Waals surface area contributed by atoms with E-state index in [1.54, 1.807) is 65.8 Å². The predicted octanol–water partition coefficient (Wildman–Crippen LogP) is 2.90. The third-order valence-electron chi connectivity index (χ3n) is 4.42. The third-order valence-corrected chi connectivity index (χ3v) is 5.74. The number of carbonyl (C=O) groups is 1. The molecule has 0 bridgehead atoms. The van der Waals surface area contributed by atoms with Crippen LogP contribution >= 0.6 is 11.6 Å². The van der Waals surface area contributed by atoms with Crippen molar-refractivity contribution in [1.82, 2.24) is 14.5 Å². The standard InChI is InChI=1S/C20H16ClN5O3S/c21-16-4-2-1-3-13(16)9-20(27)24-14-10-17-15(18(11-14)30(22,28)29)5-6-19(25-17)26-8-7-23-12-26/h1-8,10-12H,9H2,(H,24,27)(H2,22,28,29). The van der Waals surface area contributed by atoms with E-state index < -0.39 is 10.0 Å². The van der Waals surface area contributed by atoms with Crippen LogP contribution < -0.4 is 10.5 Å². The van der Waals surface area contributed by atoms with E-state index in [4.69, 9.17) is 16.7 Å². The summed E-state index contributed by atoms with van der Waals surface area (Å²) < 4.78 is 26.0. The lowest BCUT2D eigenvalue weighted by Crippen LogP contribution is -2.17. The molecule has 0 aliphatic rings. The minimum absolute atomic E-state index is 0.0327. The molecule has 0 radical (unpaired) electrons. The molecular formula is C20H16ClN5O3S. The highest BCUT2D eigenvalue weighted by molar-refractivity contribution is 7.89. The summed E-state index contributed by atoms with van der Waals surface area (Å²) in [6.45, 7) is 0. The topological polar surface area (TPSA) is 120 Å². The van der Waals surface area contributed by atoms with Crippen LogP contribution in [0.3, 0.4) is 0 Å². The van der Waals surface area contributed by atoms with Crippen LogP contribution in [0.4, 0.5) is 5.69 Å². The Bertz CT molecular complexity index is 1350. The second-order valence-electron chi connectivity index (χ2n) is 6.54. The molecule has 8 nitrogen and oxygen atoms in total. The van der Waals surface area contributed by atoms with Gasteiger partial charge < -0.3 is 5.32 Å². The Morgan fingerprint density at radius 1 is 1.17 bits per heavy atom. The Kier molecular flexibility index (Phi) is 5.25. The van der Waals surface area contributed by atoms with Crippen molar-refractivity contribution in [2.75, 3.05) is 5.32 Å². The van der Waals surface area contributed by atoms with Crippen LogP contribution in [-0.2, 0) is 21.2 Å². The number of aromatic nitrogens is 3. The molecule has 0 saturated carbocycles. The van der Waals surface area contributed by atoms with Gasteiger partial charge in [0.2, 0.25) is 15.9 Å². The average Bonchev–Trinajstić information content (AvgIpc) is 3.23. The Hall–Kier alpha value is -3.27. The van der Waals surface area contributed by atoms with Crippen LogP contribution in [0.15, 0.2) is 72.1 Å². The number of imidazole rings is 1. The second-order valence-corrected chi connectivity index (χ2v) is 8.48. The van der Waals surface area contributed by atoms with Gasteiger partial charge in [0.05, 0.1) is 16.8 Å². The number of nitrogens with zero attached hydrogens (tertiary/aromatic N) is 3.